The maximum atomic E-state index is 12.6. The van der Waals surface area contributed by atoms with E-state index in [4.69, 9.17) is 12.2 Å². The summed E-state index contributed by atoms with van der Waals surface area (Å²) in [6.45, 7) is 0. The molecule has 114 valence electrons. The van der Waals surface area contributed by atoms with Crippen LogP contribution in [0.4, 0.5) is 11.4 Å². The van der Waals surface area contributed by atoms with E-state index < -0.39 is 4.92 Å². The minimum Gasteiger partial charge on any atom is -0.268 e. The standard InChI is InChI=1S/C16H10N2O3S2/c19-15-14(10-11-6-2-1-3-7-11)23-16(22)17(15)12-8-4-5-9-13(12)18(20)21/h1-10H/b14-10-. The predicted octanol–water partition coefficient (Wildman–Crippen LogP) is 4.00. The van der Waals surface area contributed by atoms with E-state index >= 15 is 0 Å². The van der Waals surface area contributed by atoms with Gasteiger partial charge in [-0.25, -0.2) is 0 Å². The van der Waals surface area contributed by atoms with Crippen LogP contribution in [-0.2, 0) is 4.79 Å². The monoisotopic (exact) mass is 342 g/mol. The summed E-state index contributed by atoms with van der Waals surface area (Å²) in [6.07, 6.45) is 1.73. The summed E-state index contributed by atoms with van der Waals surface area (Å²) in [5, 5.41) is 11.2. The Hall–Kier alpha value is -2.51. The van der Waals surface area contributed by atoms with E-state index in [2.05, 4.69) is 0 Å². The van der Waals surface area contributed by atoms with E-state index in [9.17, 15) is 14.9 Å². The second-order valence-corrected chi connectivity index (χ2v) is 6.35. The number of nitrogens with zero attached hydrogens (tertiary/aromatic N) is 2. The number of amides is 1. The van der Waals surface area contributed by atoms with Crippen molar-refractivity contribution in [3.05, 3.63) is 75.2 Å². The van der Waals surface area contributed by atoms with E-state index in [0.29, 0.717) is 4.91 Å². The number of rotatable bonds is 3. The van der Waals surface area contributed by atoms with Gasteiger partial charge >= 0.3 is 0 Å². The molecule has 1 aliphatic rings. The third-order valence-electron chi connectivity index (χ3n) is 3.21. The molecule has 1 aliphatic heterocycles. The van der Waals surface area contributed by atoms with Gasteiger partial charge in [0.05, 0.1) is 9.83 Å². The van der Waals surface area contributed by atoms with Gasteiger partial charge in [-0.05, 0) is 17.7 Å². The fourth-order valence-corrected chi connectivity index (χ4v) is 3.47. The Balaban J connectivity index is 2.00. The summed E-state index contributed by atoms with van der Waals surface area (Å²) in [4.78, 5) is 24.9. The molecule has 7 heteroatoms. The Bertz CT molecular complexity index is 834. The number of carbonyl (C=O) groups is 1. The molecular formula is C16H10N2O3S2. The van der Waals surface area contributed by atoms with E-state index in [1.807, 2.05) is 30.3 Å². The summed E-state index contributed by atoms with van der Waals surface area (Å²) in [6, 6.07) is 15.4. The number of thiocarbonyl (C=S) groups is 1. The molecular weight excluding hydrogens is 332 g/mol. The van der Waals surface area contributed by atoms with Gasteiger partial charge in [0.25, 0.3) is 11.6 Å². The molecule has 3 rings (SSSR count). The van der Waals surface area contributed by atoms with Crippen LogP contribution in [0.25, 0.3) is 6.08 Å². The van der Waals surface area contributed by atoms with Crippen molar-refractivity contribution in [3.63, 3.8) is 0 Å². The molecule has 0 radical (unpaired) electrons. The van der Waals surface area contributed by atoms with Crippen molar-refractivity contribution >= 4 is 51.7 Å². The van der Waals surface area contributed by atoms with Crippen LogP contribution in [-0.4, -0.2) is 15.2 Å². The molecule has 1 fully saturated rings. The maximum absolute atomic E-state index is 12.6. The van der Waals surface area contributed by atoms with Crippen molar-refractivity contribution < 1.29 is 9.72 Å². The van der Waals surface area contributed by atoms with Crippen molar-refractivity contribution in [3.8, 4) is 0 Å². The number of carbonyl (C=O) groups excluding carboxylic acids is 1. The van der Waals surface area contributed by atoms with Gasteiger partial charge in [-0.3, -0.25) is 19.8 Å². The maximum Gasteiger partial charge on any atom is 0.293 e. The molecule has 1 heterocycles. The third-order valence-corrected chi connectivity index (χ3v) is 4.51. The first-order valence-electron chi connectivity index (χ1n) is 6.64. The summed E-state index contributed by atoms with van der Waals surface area (Å²) < 4.78 is 0.284. The highest BCUT2D eigenvalue weighted by molar-refractivity contribution is 8.27. The molecule has 0 N–H and O–H groups in total. The Morgan fingerprint density at radius 1 is 1.09 bits per heavy atom. The van der Waals surface area contributed by atoms with Crippen LogP contribution >= 0.6 is 24.0 Å². The quantitative estimate of drug-likeness (QED) is 0.365. The van der Waals surface area contributed by atoms with Crippen LogP contribution in [0.2, 0.25) is 0 Å². The van der Waals surface area contributed by atoms with Crippen LogP contribution in [0.5, 0.6) is 0 Å². The highest BCUT2D eigenvalue weighted by Crippen LogP contribution is 2.39. The molecule has 0 spiro atoms. The molecule has 2 aromatic rings. The molecule has 23 heavy (non-hydrogen) atoms. The molecule has 0 unspecified atom stereocenters. The van der Waals surface area contributed by atoms with Crippen LogP contribution in [0.15, 0.2) is 59.5 Å². The number of hydrogen-bond donors (Lipinski definition) is 0. The highest BCUT2D eigenvalue weighted by atomic mass is 32.2. The third kappa shape index (κ3) is 3.01. The zero-order valence-corrected chi connectivity index (χ0v) is 13.3. The number of hydrogen-bond acceptors (Lipinski definition) is 5. The lowest BCUT2D eigenvalue weighted by Crippen LogP contribution is -2.28. The number of thioether (sulfide) groups is 1. The smallest absolute Gasteiger partial charge is 0.268 e. The molecule has 2 aromatic carbocycles. The minimum atomic E-state index is -0.519. The van der Waals surface area contributed by atoms with E-state index in [-0.39, 0.29) is 21.6 Å². The highest BCUT2D eigenvalue weighted by Gasteiger charge is 2.36. The summed E-state index contributed by atoms with van der Waals surface area (Å²) in [7, 11) is 0. The van der Waals surface area contributed by atoms with Crippen molar-refractivity contribution in [1.82, 2.24) is 0 Å². The molecule has 1 amide bonds. The SMILES string of the molecule is O=C1/C(=C/c2ccccc2)SC(=S)N1c1ccccc1[N+](=O)[O-]. The van der Waals surface area contributed by atoms with Gasteiger partial charge in [0, 0.05) is 6.07 Å². The minimum absolute atomic E-state index is 0.148. The molecule has 5 nitrogen and oxygen atoms in total. The number of nitro benzene ring substituents is 1. The fourth-order valence-electron chi connectivity index (χ4n) is 2.18. The first kappa shape index (κ1) is 15.4. The molecule has 1 saturated heterocycles. The van der Waals surface area contributed by atoms with Crippen LogP contribution < -0.4 is 4.90 Å². The first-order valence-corrected chi connectivity index (χ1v) is 7.87. The molecule has 0 aromatic heterocycles. The summed E-state index contributed by atoms with van der Waals surface area (Å²) in [5.74, 6) is -0.349. The van der Waals surface area contributed by atoms with E-state index in [0.717, 1.165) is 17.3 Å². The zero-order chi connectivity index (χ0) is 16.4. The first-order chi connectivity index (χ1) is 11.1. The Morgan fingerprint density at radius 2 is 1.74 bits per heavy atom. The number of benzene rings is 2. The zero-order valence-electron chi connectivity index (χ0n) is 11.7. The summed E-state index contributed by atoms with van der Waals surface area (Å²) in [5.41, 5.74) is 0.914. The van der Waals surface area contributed by atoms with Crippen molar-refractivity contribution in [1.29, 1.82) is 0 Å². The fraction of sp³-hybridized carbons (Fsp3) is 0. The lowest BCUT2D eigenvalue weighted by atomic mass is 10.2. The second-order valence-electron chi connectivity index (χ2n) is 4.67. The van der Waals surface area contributed by atoms with Gasteiger partial charge in [-0.2, -0.15) is 0 Å². The average molecular weight is 342 g/mol. The van der Waals surface area contributed by atoms with Crippen LogP contribution in [0, 0.1) is 10.1 Å². The predicted molar refractivity (Wildman–Crippen MR) is 95.2 cm³/mol. The van der Waals surface area contributed by atoms with Gasteiger partial charge < -0.3 is 0 Å². The number of anilines is 1. The van der Waals surface area contributed by atoms with Crippen molar-refractivity contribution in [2.45, 2.75) is 0 Å². The van der Waals surface area contributed by atoms with Gasteiger partial charge in [0.15, 0.2) is 4.32 Å². The number of nitro groups is 1. The largest absolute Gasteiger partial charge is 0.293 e. The molecule has 0 atom stereocenters. The van der Waals surface area contributed by atoms with Crippen molar-refractivity contribution in [2.24, 2.45) is 0 Å². The van der Waals surface area contributed by atoms with Crippen LogP contribution in [0.1, 0.15) is 5.56 Å². The van der Waals surface area contributed by atoms with E-state index in [1.54, 1.807) is 18.2 Å². The summed E-state index contributed by atoms with van der Waals surface area (Å²) >= 11 is 6.38. The Morgan fingerprint density at radius 3 is 2.43 bits per heavy atom. The van der Waals surface area contributed by atoms with Gasteiger partial charge in [0.2, 0.25) is 0 Å². The topological polar surface area (TPSA) is 63.5 Å². The average Bonchev–Trinajstić information content (AvgIpc) is 2.82. The molecule has 0 saturated carbocycles. The normalized spacial score (nSPS) is 16.2. The van der Waals surface area contributed by atoms with Crippen molar-refractivity contribution in [2.75, 3.05) is 4.90 Å². The Labute approximate surface area is 141 Å². The lowest BCUT2D eigenvalue weighted by molar-refractivity contribution is -0.384. The lowest BCUT2D eigenvalue weighted by Gasteiger charge is -2.14. The second kappa shape index (κ2) is 6.31. The number of para-hydroxylation sites is 2. The molecule has 0 bridgehead atoms. The van der Waals surface area contributed by atoms with Gasteiger partial charge in [-0.1, -0.05) is 66.4 Å². The molecule has 0 aliphatic carbocycles. The van der Waals surface area contributed by atoms with Crippen LogP contribution in [0.3, 0.4) is 0 Å². The van der Waals surface area contributed by atoms with Gasteiger partial charge in [-0.15, -0.1) is 0 Å². The van der Waals surface area contributed by atoms with E-state index in [1.165, 1.54) is 17.0 Å². The van der Waals surface area contributed by atoms with Gasteiger partial charge in [0.1, 0.15) is 5.69 Å². The Kier molecular flexibility index (Phi) is 4.22.